The van der Waals surface area contributed by atoms with Crippen LogP contribution in [0, 0.1) is 5.92 Å². The molecular formula is C24H38N2O. The van der Waals surface area contributed by atoms with Crippen LogP contribution in [0.15, 0.2) is 16.6 Å². The van der Waals surface area contributed by atoms with Crippen LogP contribution in [0.25, 0.3) is 0 Å². The van der Waals surface area contributed by atoms with E-state index in [9.17, 15) is 4.79 Å². The molecule has 0 aromatic rings. The maximum absolute atomic E-state index is 13.0. The number of aliphatic imine (C=N–C) groups is 1. The van der Waals surface area contributed by atoms with Crippen molar-refractivity contribution in [3.63, 3.8) is 0 Å². The predicted molar refractivity (Wildman–Crippen MR) is 112 cm³/mol. The lowest BCUT2D eigenvalue weighted by Gasteiger charge is -2.39. The van der Waals surface area contributed by atoms with Crippen LogP contribution in [-0.2, 0) is 4.79 Å². The highest BCUT2D eigenvalue weighted by molar-refractivity contribution is 6.10. The van der Waals surface area contributed by atoms with Crippen LogP contribution in [0.1, 0.15) is 109 Å². The number of amidine groups is 1. The quantitative estimate of drug-likeness (QED) is 0.584. The molecule has 3 saturated carbocycles. The maximum Gasteiger partial charge on any atom is 0.228 e. The molecule has 0 N–H and O–H groups in total. The topological polar surface area (TPSA) is 32.7 Å². The second-order valence-corrected chi connectivity index (χ2v) is 9.39. The van der Waals surface area contributed by atoms with E-state index in [2.05, 4.69) is 11.0 Å². The minimum Gasteiger partial charge on any atom is -0.294 e. The number of likely N-dealkylation sites (tertiary alicyclic amines) is 1. The van der Waals surface area contributed by atoms with Gasteiger partial charge in [0.25, 0.3) is 0 Å². The minimum atomic E-state index is 0.345. The summed E-state index contributed by atoms with van der Waals surface area (Å²) in [6.07, 6.45) is 23.6. The molecule has 0 atom stereocenters. The van der Waals surface area contributed by atoms with Gasteiger partial charge < -0.3 is 0 Å². The van der Waals surface area contributed by atoms with E-state index in [1.165, 1.54) is 102 Å². The van der Waals surface area contributed by atoms with Crippen LogP contribution in [-0.4, -0.2) is 28.7 Å². The molecule has 1 saturated heterocycles. The molecule has 1 aliphatic heterocycles. The average molecular weight is 371 g/mol. The monoisotopic (exact) mass is 370 g/mol. The molecule has 0 aromatic carbocycles. The van der Waals surface area contributed by atoms with Crippen LogP contribution in [0.3, 0.4) is 0 Å². The standard InChI is InChI=1S/C24H38N2O/c27-23-17-16-20(18-19-10-4-1-5-11-19)24(25-21-12-6-2-7-13-21)26(23)22-14-8-3-9-15-22/h18-19,21-22H,1-17H2/b20-18+,25-24?. The number of piperidine rings is 1. The Kier molecular flexibility index (Phi) is 6.68. The summed E-state index contributed by atoms with van der Waals surface area (Å²) in [4.78, 5) is 20.5. The first kappa shape index (κ1) is 19.2. The second kappa shape index (κ2) is 9.39. The van der Waals surface area contributed by atoms with Gasteiger partial charge in [-0.15, -0.1) is 0 Å². The van der Waals surface area contributed by atoms with Crippen LogP contribution in [0.4, 0.5) is 0 Å². The molecule has 4 aliphatic rings. The van der Waals surface area contributed by atoms with Gasteiger partial charge in [0.15, 0.2) is 0 Å². The van der Waals surface area contributed by atoms with E-state index < -0.39 is 0 Å². The minimum absolute atomic E-state index is 0.345. The van der Waals surface area contributed by atoms with E-state index in [4.69, 9.17) is 4.99 Å². The molecule has 1 amide bonds. The number of hydrogen-bond donors (Lipinski definition) is 0. The van der Waals surface area contributed by atoms with Crippen molar-refractivity contribution in [3.05, 3.63) is 11.6 Å². The fourth-order valence-corrected chi connectivity index (χ4v) is 5.73. The van der Waals surface area contributed by atoms with E-state index in [-0.39, 0.29) is 0 Å². The van der Waals surface area contributed by atoms with Gasteiger partial charge in [-0.05, 0) is 56.4 Å². The first-order chi connectivity index (χ1) is 13.3. The van der Waals surface area contributed by atoms with Crippen LogP contribution < -0.4 is 0 Å². The molecule has 4 fully saturated rings. The number of hydrogen-bond acceptors (Lipinski definition) is 2. The van der Waals surface area contributed by atoms with Crippen molar-refractivity contribution >= 4 is 11.7 Å². The Morgan fingerprint density at radius 2 is 1.33 bits per heavy atom. The van der Waals surface area contributed by atoms with Gasteiger partial charge in [0.1, 0.15) is 5.84 Å². The largest absolute Gasteiger partial charge is 0.294 e. The maximum atomic E-state index is 13.0. The number of nitrogens with zero attached hydrogens (tertiary/aromatic N) is 2. The first-order valence-corrected chi connectivity index (χ1v) is 11.9. The van der Waals surface area contributed by atoms with Crippen molar-refractivity contribution in [1.29, 1.82) is 0 Å². The SMILES string of the molecule is O=C1CC/C(=C\C2CCCCC2)C(=NC2CCCCC2)N1C1CCCCC1. The van der Waals surface area contributed by atoms with Crippen LogP contribution in [0.2, 0.25) is 0 Å². The molecule has 0 unspecified atom stereocenters. The third kappa shape index (κ3) is 4.84. The Balaban J connectivity index is 1.62. The average Bonchev–Trinajstić information content (AvgIpc) is 2.72. The summed E-state index contributed by atoms with van der Waals surface area (Å²) < 4.78 is 0. The Bertz CT molecular complexity index is 561. The van der Waals surface area contributed by atoms with Crippen molar-refractivity contribution in [1.82, 2.24) is 4.90 Å². The van der Waals surface area contributed by atoms with Crippen molar-refractivity contribution in [3.8, 4) is 0 Å². The van der Waals surface area contributed by atoms with Crippen molar-refractivity contribution < 1.29 is 4.79 Å². The summed E-state index contributed by atoms with van der Waals surface area (Å²) in [5.41, 5.74) is 1.41. The molecule has 4 rings (SSSR count). The zero-order valence-corrected chi connectivity index (χ0v) is 17.1. The van der Waals surface area contributed by atoms with Gasteiger partial charge in [0.05, 0.1) is 6.04 Å². The lowest BCUT2D eigenvalue weighted by atomic mass is 9.85. The number of carbonyl (C=O) groups is 1. The molecular weight excluding hydrogens is 332 g/mol. The summed E-state index contributed by atoms with van der Waals surface area (Å²) in [7, 11) is 0. The number of amides is 1. The summed E-state index contributed by atoms with van der Waals surface area (Å²) in [6, 6.07) is 0.851. The fraction of sp³-hybridized carbons (Fsp3) is 0.833. The molecule has 0 bridgehead atoms. The van der Waals surface area contributed by atoms with Crippen LogP contribution >= 0.6 is 0 Å². The van der Waals surface area contributed by atoms with E-state index in [0.717, 1.165) is 12.3 Å². The zero-order chi connectivity index (χ0) is 18.5. The number of carbonyl (C=O) groups excluding carboxylic acids is 1. The lowest BCUT2D eigenvalue weighted by molar-refractivity contribution is -0.130. The van der Waals surface area contributed by atoms with E-state index in [1.807, 2.05) is 0 Å². The van der Waals surface area contributed by atoms with Crippen molar-refractivity contribution in [2.24, 2.45) is 10.9 Å². The number of rotatable bonds is 3. The Morgan fingerprint density at radius 1 is 0.741 bits per heavy atom. The van der Waals surface area contributed by atoms with Crippen LogP contribution in [0.5, 0.6) is 0 Å². The zero-order valence-electron chi connectivity index (χ0n) is 17.1. The summed E-state index contributed by atoms with van der Waals surface area (Å²) in [5.74, 6) is 2.17. The summed E-state index contributed by atoms with van der Waals surface area (Å²) in [5, 5.41) is 0. The third-order valence-corrected chi connectivity index (χ3v) is 7.30. The van der Waals surface area contributed by atoms with Gasteiger partial charge in [-0.25, -0.2) is 0 Å². The summed E-state index contributed by atoms with van der Waals surface area (Å²) in [6.45, 7) is 0. The lowest BCUT2D eigenvalue weighted by Crippen LogP contribution is -2.49. The molecule has 3 aliphatic carbocycles. The molecule has 150 valence electrons. The molecule has 0 spiro atoms. The van der Waals surface area contributed by atoms with Crippen molar-refractivity contribution in [2.45, 2.75) is 121 Å². The van der Waals surface area contributed by atoms with Gasteiger partial charge in [0, 0.05) is 12.5 Å². The second-order valence-electron chi connectivity index (χ2n) is 9.39. The first-order valence-electron chi connectivity index (χ1n) is 11.9. The highest BCUT2D eigenvalue weighted by Gasteiger charge is 2.35. The Morgan fingerprint density at radius 3 is 2.00 bits per heavy atom. The molecule has 27 heavy (non-hydrogen) atoms. The smallest absolute Gasteiger partial charge is 0.228 e. The molecule has 0 radical (unpaired) electrons. The molecule has 1 heterocycles. The van der Waals surface area contributed by atoms with Gasteiger partial charge in [-0.3, -0.25) is 14.7 Å². The fourth-order valence-electron chi connectivity index (χ4n) is 5.73. The molecule has 3 nitrogen and oxygen atoms in total. The highest BCUT2D eigenvalue weighted by Crippen LogP contribution is 2.33. The molecule has 3 heteroatoms. The van der Waals surface area contributed by atoms with Gasteiger partial charge >= 0.3 is 0 Å². The number of allylic oxidation sites excluding steroid dienone is 1. The normalized spacial score (nSPS) is 30.4. The molecule has 0 aromatic heterocycles. The third-order valence-electron chi connectivity index (χ3n) is 7.30. The van der Waals surface area contributed by atoms with E-state index in [1.54, 1.807) is 0 Å². The Hall–Kier alpha value is -1.12. The highest BCUT2D eigenvalue weighted by atomic mass is 16.2. The van der Waals surface area contributed by atoms with Gasteiger partial charge in [0.2, 0.25) is 5.91 Å². The summed E-state index contributed by atoms with van der Waals surface area (Å²) >= 11 is 0. The van der Waals surface area contributed by atoms with Gasteiger partial charge in [-0.1, -0.05) is 63.9 Å². The van der Waals surface area contributed by atoms with E-state index in [0.29, 0.717) is 30.3 Å². The predicted octanol–water partition coefficient (Wildman–Crippen LogP) is 6.18. The van der Waals surface area contributed by atoms with Gasteiger partial charge in [-0.2, -0.15) is 0 Å². The Labute approximate surface area is 165 Å². The van der Waals surface area contributed by atoms with Crippen molar-refractivity contribution in [2.75, 3.05) is 0 Å². The van der Waals surface area contributed by atoms with E-state index >= 15 is 0 Å².